The van der Waals surface area contributed by atoms with Crippen LogP contribution < -0.4 is 15.8 Å². The van der Waals surface area contributed by atoms with Crippen molar-refractivity contribution >= 4 is 5.96 Å². The molecule has 72 valence electrons. The van der Waals surface area contributed by atoms with Crippen LogP contribution in [-0.2, 0) is 0 Å². The first-order chi connectivity index (χ1) is 5.04. The van der Waals surface area contributed by atoms with E-state index in [-0.39, 0.29) is 16.7 Å². The third-order valence-electron chi connectivity index (χ3n) is 1.69. The van der Waals surface area contributed by atoms with Gasteiger partial charge in [0.15, 0.2) is 0 Å². The van der Waals surface area contributed by atoms with Crippen LogP contribution >= 0.6 is 0 Å². The van der Waals surface area contributed by atoms with Crippen molar-refractivity contribution in [2.75, 3.05) is 0 Å². The van der Waals surface area contributed by atoms with Crippen molar-refractivity contribution in [1.82, 2.24) is 5.32 Å². The largest absolute Gasteiger partial charge is 1.00 e. The monoisotopic (exact) mass is 181 g/mol. The SMILES string of the molecule is C[C@H]1NC(N)=[N+](O)[C@H](O)[C@H]1O.[F-]. The Hall–Kier alpha value is -1.08. The minimum absolute atomic E-state index is 0. The van der Waals surface area contributed by atoms with Gasteiger partial charge in [-0.15, -0.1) is 0 Å². The fraction of sp³-hybridized carbons (Fsp3) is 0.800. The Morgan fingerprint density at radius 2 is 2.00 bits per heavy atom. The molecule has 0 amide bonds. The van der Waals surface area contributed by atoms with E-state index in [2.05, 4.69) is 5.32 Å². The standard InChI is InChI=1S/C5H11N3O3.FH/c1-2-3(9)4(10)8(11)5(6)7-2;/h2-4,9-11H,1H3,(H2,6,7);1H/t2-,3+,4-;/m1./s1. The molecule has 0 bridgehead atoms. The molecule has 0 spiro atoms. The lowest BCUT2D eigenvalue weighted by molar-refractivity contribution is -0.832. The highest BCUT2D eigenvalue weighted by molar-refractivity contribution is 5.73. The van der Waals surface area contributed by atoms with E-state index in [1.54, 1.807) is 6.92 Å². The van der Waals surface area contributed by atoms with E-state index in [0.29, 0.717) is 4.74 Å². The fourth-order valence-corrected chi connectivity index (χ4v) is 0.930. The Balaban J connectivity index is 0.00000121. The first kappa shape index (κ1) is 10.9. The van der Waals surface area contributed by atoms with Crippen molar-refractivity contribution in [3.8, 4) is 0 Å². The highest BCUT2D eigenvalue weighted by Gasteiger charge is 2.37. The van der Waals surface area contributed by atoms with Crippen molar-refractivity contribution in [3.05, 3.63) is 0 Å². The van der Waals surface area contributed by atoms with Gasteiger partial charge in [0, 0.05) is 0 Å². The van der Waals surface area contributed by atoms with Gasteiger partial charge in [-0.1, -0.05) is 4.74 Å². The van der Waals surface area contributed by atoms with Crippen molar-refractivity contribution in [2.24, 2.45) is 5.73 Å². The van der Waals surface area contributed by atoms with Gasteiger partial charge in [-0.3, -0.25) is 11.1 Å². The molecule has 0 unspecified atom stereocenters. The Labute approximate surface area is 68.3 Å². The number of nitrogens with zero attached hydrogens (tertiary/aromatic N) is 1. The second kappa shape index (κ2) is 3.55. The topological polar surface area (TPSA) is 102 Å². The van der Waals surface area contributed by atoms with E-state index >= 15 is 0 Å². The first-order valence-corrected chi connectivity index (χ1v) is 3.27. The van der Waals surface area contributed by atoms with Gasteiger partial charge in [0.25, 0.3) is 0 Å². The number of aliphatic hydroxyl groups is 2. The molecule has 0 radical (unpaired) electrons. The molecule has 0 aromatic carbocycles. The first-order valence-electron chi connectivity index (χ1n) is 3.27. The molecule has 1 aliphatic heterocycles. The van der Waals surface area contributed by atoms with E-state index in [4.69, 9.17) is 21.2 Å². The fourth-order valence-electron chi connectivity index (χ4n) is 0.930. The number of hydrogen-bond donors (Lipinski definition) is 5. The molecule has 0 saturated heterocycles. The molecule has 3 atom stereocenters. The summed E-state index contributed by atoms with van der Waals surface area (Å²) in [6.07, 6.45) is -2.40. The predicted molar refractivity (Wildman–Crippen MR) is 35.9 cm³/mol. The van der Waals surface area contributed by atoms with E-state index in [9.17, 15) is 0 Å². The molecule has 7 heteroatoms. The van der Waals surface area contributed by atoms with Gasteiger partial charge < -0.3 is 20.1 Å². The van der Waals surface area contributed by atoms with Gasteiger partial charge in [0.1, 0.15) is 12.1 Å². The van der Waals surface area contributed by atoms with Crippen LogP contribution in [0.25, 0.3) is 0 Å². The molecule has 0 aliphatic carbocycles. The van der Waals surface area contributed by atoms with Crippen LogP contribution in [0.15, 0.2) is 0 Å². The number of hydrogen-bond acceptors (Lipinski definition) is 5. The molecule has 1 rings (SSSR count). The summed E-state index contributed by atoms with van der Waals surface area (Å²) in [4.78, 5) is 0. The summed E-state index contributed by atoms with van der Waals surface area (Å²) in [7, 11) is 0. The molecule has 0 aromatic rings. The molecule has 0 aromatic heterocycles. The number of hydroxylamine groups is 1. The molecular formula is C5H12FN3O3. The zero-order valence-corrected chi connectivity index (χ0v) is 6.48. The van der Waals surface area contributed by atoms with E-state index in [1.807, 2.05) is 0 Å². The molecule has 12 heavy (non-hydrogen) atoms. The normalized spacial score (nSPS) is 35.4. The molecule has 1 heterocycles. The molecular weight excluding hydrogens is 169 g/mol. The second-order valence-electron chi connectivity index (χ2n) is 2.57. The molecule has 0 fully saturated rings. The summed E-state index contributed by atoms with van der Waals surface area (Å²) in [5.74, 6) is -0.0599. The number of rotatable bonds is 0. The number of halogens is 1. The lowest BCUT2D eigenvalue weighted by Crippen LogP contribution is -3.00. The van der Waals surface area contributed by atoms with E-state index in [0.717, 1.165) is 0 Å². The summed E-state index contributed by atoms with van der Waals surface area (Å²) < 4.78 is 0.394. The van der Waals surface area contributed by atoms with Gasteiger partial charge >= 0.3 is 5.96 Å². The molecule has 6 N–H and O–H groups in total. The number of nitrogens with two attached hydrogens (primary N) is 1. The number of guanidine groups is 1. The molecule has 1 aliphatic rings. The summed E-state index contributed by atoms with van der Waals surface area (Å²) in [5, 5.41) is 29.7. The van der Waals surface area contributed by atoms with Crippen molar-refractivity contribution in [2.45, 2.75) is 25.3 Å². The van der Waals surface area contributed by atoms with Gasteiger partial charge in [-0.2, -0.15) is 0 Å². The average molecular weight is 181 g/mol. The van der Waals surface area contributed by atoms with E-state index in [1.165, 1.54) is 0 Å². The summed E-state index contributed by atoms with van der Waals surface area (Å²) in [5.41, 5.74) is 5.23. The lowest BCUT2D eigenvalue weighted by atomic mass is 10.1. The zero-order valence-electron chi connectivity index (χ0n) is 6.48. The van der Waals surface area contributed by atoms with Crippen molar-refractivity contribution < 1.29 is 24.9 Å². The minimum atomic E-state index is -1.36. The Bertz CT molecular complexity index is 198. The van der Waals surface area contributed by atoms with Crippen molar-refractivity contribution in [1.29, 1.82) is 0 Å². The quantitative estimate of drug-likeness (QED) is 0.189. The van der Waals surface area contributed by atoms with Gasteiger partial charge in [-0.05, 0) is 6.92 Å². The summed E-state index contributed by atoms with van der Waals surface area (Å²) >= 11 is 0. The number of aliphatic hydroxyl groups excluding tert-OH is 2. The summed E-state index contributed by atoms with van der Waals surface area (Å²) in [6, 6.07) is -0.367. The maximum atomic E-state index is 9.15. The molecule has 0 saturated carbocycles. The maximum absolute atomic E-state index is 9.15. The maximum Gasteiger partial charge on any atom is 0.383 e. The molecule has 6 nitrogen and oxygen atoms in total. The van der Waals surface area contributed by atoms with Crippen molar-refractivity contribution in [3.63, 3.8) is 0 Å². The Kier molecular flexibility index (Phi) is 3.23. The van der Waals surface area contributed by atoms with Crippen LogP contribution in [0, 0.1) is 0 Å². The van der Waals surface area contributed by atoms with Crippen LogP contribution in [-0.4, -0.2) is 44.5 Å². The Morgan fingerprint density at radius 1 is 1.50 bits per heavy atom. The third-order valence-corrected chi connectivity index (χ3v) is 1.69. The third kappa shape index (κ3) is 1.56. The lowest BCUT2D eigenvalue weighted by Gasteiger charge is -2.26. The van der Waals surface area contributed by atoms with Crippen LogP contribution in [0.3, 0.4) is 0 Å². The van der Waals surface area contributed by atoms with Crippen LogP contribution in [0.4, 0.5) is 0 Å². The van der Waals surface area contributed by atoms with Gasteiger partial charge in [0.2, 0.25) is 6.23 Å². The number of nitrogens with one attached hydrogen (secondary N) is 1. The highest BCUT2D eigenvalue weighted by atomic mass is 19.0. The Morgan fingerprint density at radius 3 is 2.50 bits per heavy atom. The van der Waals surface area contributed by atoms with Crippen LogP contribution in [0.5, 0.6) is 0 Å². The van der Waals surface area contributed by atoms with Crippen LogP contribution in [0.2, 0.25) is 0 Å². The smallest absolute Gasteiger partial charge is 0.383 e. The van der Waals surface area contributed by atoms with Gasteiger partial charge in [-0.25, -0.2) is 0 Å². The predicted octanol–water partition coefficient (Wildman–Crippen LogP) is -5.62. The second-order valence-corrected chi connectivity index (χ2v) is 2.57. The minimum Gasteiger partial charge on any atom is -1.00 e. The van der Waals surface area contributed by atoms with Crippen LogP contribution in [0.1, 0.15) is 6.92 Å². The van der Waals surface area contributed by atoms with Gasteiger partial charge in [0.05, 0.1) is 0 Å². The summed E-state index contributed by atoms with van der Waals surface area (Å²) in [6.45, 7) is 1.65. The highest BCUT2D eigenvalue weighted by Crippen LogP contribution is 2.03. The zero-order chi connectivity index (χ0) is 8.59. The van der Waals surface area contributed by atoms with E-state index < -0.39 is 12.3 Å². The average Bonchev–Trinajstić information content (AvgIpc) is 1.97.